The number of carbonyl (C=O) groups is 2. The zero-order valence-electron chi connectivity index (χ0n) is 12.8. The zero-order chi connectivity index (χ0) is 17.1. The van der Waals surface area contributed by atoms with Crippen LogP contribution >= 0.6 is 0 Å². The molecule has 8 nitrogen and oxygen atoms in total. The highest BCUT2D eigenvalue weighted by Gasteiger charge is 2.27. The fraction of sp³-hybridized carbons (Fsp3) is 0.125. The number of aromatic carboxylic acids is 1. The van der Waals surface area contributed by atoms with Crippen LogP contribution < -0.4 is 4.98 Å². The molecule has 1 N–H and O–H groups in total. The molecule has 4 rings (SSSR count). The van der Waals surface area contributed by atoms with Crippen molar-refractivity contribution in [1.82, 2.24) is 24.4 Å². The summed E-state index contributed by atoms with van der Waals surface area (Å²) in [4.78, 5) is 36.0. The van der Waals surface area contributed by atoms with Crippen LogP contribution in [0.1, 0.15) is 26.5 Å². The molecule has 122 valence electrons. The van der Waals surface area contributed by atoms with Crippen molar-refractivity contribution in [3.8, 4) is 5.69 Å². The van der Waals surface area contributed by atoms with E-state index in [0.717, 1.165) is 0 Å². The van der Waals surface area contributed by atoms with E-state index in [1.54, 1.807) is 42.2 Å². The van der Waals surface area contributed by atoms with Crippen molar-refractivity contribution >= 4 is 11.9 Å². The molecule has 3 aromatic rings. The van der Waals surface area contributed by atoms with Gasteiger partial charge in [-0.1, -0.05) is 30.9 Å². The molecule has 1 aromatic carbocycles. The van der Waals surface area contributed by atoms with Gasteiger partial charge in [-0.15, -0.1) is 0 Å². The van der Waals surface area contributed by atoms with Gasteiger partial charge < -0.3 is 20.0 Å². The number of para-hydroxylation sites is 1. The molecular formula is C16H14N5O3-. The van der Waals surface area contributed by atoms with Crippen LogP contribution in [0.3, 0.4) is 0 Å². The molecule has 2 aromatic heterocycles. The third-order valence-corrected chi connectivity index (χ3v) is 3.57. The molecule has 24 heavy (non-hydrogen) atoms. The lowest BCUT2D eigenvalue weighted by atomic mass is 10.1. The lowest BCUT2D eigenvalue weighted by Crippen LogP contribution is -2.25. The van der Waals surface area contributed by atoms with E-state index in [4.69, 9.17) is 5.11 Å². The van der Waals surface area contributed by atoms with Crippen molar-refractivity contribution in [2.75, 3.05) is 7.05 Å². The van der Waals surface area contributed by atoms with Crippen molar-refractivity contribution in [1.29, 1.82) is 0 Å². The highest BCUT2D eigenvalue weighted by atomic mass is 16.4. The molecule has 1 aliphatic rings. The van der Waals surface area contributed by atoms with E-state index < -0.39 is 5.97 Å². The van der Waals surface area contributed by atoms with E-state index >= 15 is 0 Å². The molecular weight excluding hydrogens is 310 g/mol. The minimum atomic E-state index is -1.09. The highest BCUT2D eigenvalue weighted by molar-refractivity contribution is 5.98. The Morgan fingerprint density at radius 3 is 2.75 bits per heavy atom. The SMILES string of the molecule is CN1Cc2c(C(=O)O)ncn2-c2ccccc2C1=O.c1c[n-]cn1. The summed E-state index contributed by atoms with van der Waals surface area (Å²) in [6.07, 6.45) is 6.23. The first kappa shape index (κ1) is 15.5. The quantitative estimate of drug-likeness (QED) is 0.721. The zero-order valence-corrected chi connectivity index (χ0v) is 12.8. The number of benzene rings is 1. The number of imidazole rings is 2. The summed E-state index contributed by atoms with van der Waals surface area (Å²) in [5.74, 6) is -1.22. The number of nitrogens with zero attached hydrogens (tertiary/aromatic N) is 5. The van der Waals surface area contributed by atoms with Gasteiger partial charge in [0.1, 0.15) is 6.33 Å². The first-order valence-corrected chi connectivity index (χ1v) is 7.10. The van der Waals surface area contributed by atoms with Gasteiger partial charge in [-0.05, 0) is 12.1 Å². The standard InChI is InChI=1S/C13H11N3O3.C3H3N2/c1-15-6-10-11(13(18)19)14-7-16(10)9-5-3-2-4-8(9)12(15)17;1-2-5-3-4-1/h2-5,7H,6H2,1H3,(H,18,19);1-3H/q;-1. The van der Waals surface area contributed by atoms with Gasteiger partial charge in [-0.2, -0.15) is 0 Å². The molecule has 0 spiro atoms. The Hall–Kier alpha value is -3.42. The Balaban J connectivity index is 0.000000290. The number of carboxylic acids is 1. The van der Waals surface area contributed by atoms with Crippen molar-refractivity contribution in [2.24, 2.45) is 0 Å². The van der Waals surface area contributed by atoms with Crippen LogP contribution in [0.25, 0.3) is 5.69 Å². The first-order valence-electron chi connectivity index (χ1n) is 7.10. The number of rotatable bonds is 1. The first-order chi connectivity index (χ1) is 11.6. The van der Waals surface area contributed by atoms with Gasteiger partial charge >= 0.3 is 5.97 Å². The van der Waals surface area contributed by atoms with Gasteiger partial charge in [0.05, 0.1) is 23.5 Å². The summed E-state index contributed by atoms with van der Waals surface area (Å²) >= 11 is 0. The van der Waals surface area contributed by atoms with Gasteiger partial charge in [-0.25, -0.2) is 9.78 Å². The average Bonchev–Trinajstić information content (AvgIpc) is 3.25. The maximum absolute atomic E-state index is 12.2. The number of aromatic nitrogens is 4. The van der Waals surface area contributed by atoms with Crippen LogP contribution in [0, 0.1) is 0 Å². The van der Waals surface area contributed by atoms with Gasteiger partial charge in [-0.3, -0.25) is 9.36 Å². The normalized spacial score (nSPS) is 12.5. The van der Waals surface area contributed by atoms with Gasteiger partial charge in [0.15, 0.2) is 5.69 Å². The second kappa shape index (κ2) is 6.37. The summed E-state index contributed by atoms with van der Waals surface area (Å²) in [7, 11) is 1.65. The number of fused-ring (bicyclic) bond motifs is 3. The summed E-state index contributed by atoms with van der Waals surface area (Å²) in [5, 5.41) is 9.14. The Labute approximate surface area is 137 Å². The number of hydrogen-bond donors (Lipinski definition) is 1. The van der Waals surface area contributed by atoms with Crippen LogP contribution in [0.15, 0.2) is 49.3 Å². The van der Waals surface area contributed by atoms with Crippen molar-refractivity contribution < 1.29 is 14.7 Å². The molecule has 1 amide bonds. The van der Waals surface area contributed by atoms with E-state index in [-0.39, 0.29) is 18.1 Å². The third kappa shape index (κ3) is 2.76. The van der Waals surface area contributed by atoms with Crippen LogP contribution in [0.4, 0.5) is 0 Å². The summed E-state index contributed by atoms with van der Waals surface area (Å²) < 4.78 is 1.67. The summed E-state index contributed by atoms with van der Waals surface area (Å²) in [6.45, 7) is 0.217. The van der Waals surface area contributed by atoms with Crippen LogP contribution in [0.2, 0.25) is 0 Å². The Morgan fingerprint density at radius 1 is 1.33 bits per heavy atom. The van der Waals surface area contributed by atoms with Crippen molar-refractivity contribution in [2.45, 2.75) is 6.54 Å². The van der Waals surface area contributed by atoms with Crippen LogP contribution in [-0.4, -0.2) is 43.5 Å². The molecule has 0 aliphatic carbocycles. The fourth-order valence-electron chi connectivity index (χ4n) is 2.47. The number of amides is 1. The monoisotopic (exact) mass is 324 g/mol. The molecule has 0 bridgehead atoms. The maximum Gasteiger partial charge on any atom is 0.356 e. The van der Waals surface area contributed by atoms with E-state index in [0.29, 0.717) is 16.9 Å². The molecule has 0 unspecified atom stereocenters. The van der Waals surface area contributed by atoms with E-state index in [1.807, 2.05) is 6.07 Å². The highest BCUT2D eigenvalue weighted by Crippen LogP contribution is 2.25. The van der Waals surface area contributed by atoms with Gasteiger partial charge in [0.2, 0.25) is 0 Å². The Bertz CT molecular complexity index is 853. The number of carboxylic acid groups (broad SMARTS) is 1. The molecule has 0 fully saturated rings. The lowest BCUT2D eigenvalue weighted by Gasteiger charge is -2.13. The molecule has 0 saturated carbocycles. The minimum absolute atomic E-state index is 0.0173. The molecule has 1 aliphatic heterocycles. The molecule has 3 heterocycles. The molecule has 0 saturated heterocycles. The van der Waals surface area contributed by atoms with Crippen LogP contribution in [-0.2, 0) is 6.54 Å². The van der Waals surface area contributed by atoms with Crippen molar-refractivity contribution in [3.05, 3.63) is 66.3 Å². The third-order valence-electron chi connectivity index (χ3n) is 3.57. The summed E-state index contributed by atoms with van der Waals surface area (Å²) in [6, 6.07) is 7.10. The lowest BCUT2D eigenvalue weighted by molar-refractivity contribution is 0.0683. The fourth-order valence-corrected chi connectivity index (χ4v) is 2.47. The predicted octanol–water partition coefficient (Wildman–Crippen LogP) is 1.19. The average molecular weight is 324 g/mol. The molecule has 0 atom stereocenters. The van der Waals surface area contributed by atoms with E-state index in [2.05, 4.69) is 15.0 Å². The Morgan fingerprint density at radius 2 is 2.12 bits per heavy atom. The van der Waals surface area contributed by atoms with E-state index in [1.165, 1.54) is 17.6 Å². The van der Waals surface area contributed by atoms with Gasteiger partial charge in [0.25, 0.3) is 5.91 Å². The molecule has 0 radical (unpaired) electrons. The Kier molecular flexibility index (Phi) is 4.11. The largest absolute Gasteiger partial charge is 0.476 e. The topological polar surface area (TPSA) is 102 Å². The van der Waals surface area contributed by atoms with Gasteiger partial charge in [0, 0.05) is 7.05 Å². The second-order valence-corrected chi connectivity index (χ2v) is 5.11. The van der Waals surface area contributed by atoms with E-state index in [9.17, 15) is 9.59 Å². The second-order valence-electron chi connectivity index (χ2n) is 5.11. The van der Waals surface area contributed by atoms with Crippen LogP contribution in [0.5, 0.6) is 0 Å². The van der Waals surface area contributed by atoms with Crippen molar-refractivity contribution in [3.63, 3.8) is 0 Å². The summed E-state index contributed by atoms with van der Waals surface area (Å²) in [5.41, 5.74) is 1.69. The minimum Gasteiger partial charge on any atom is -0.476 e. The number of carbonyl (C=O) groups excluding carboxylic acids is 1. The smallest absolute Gasteiger partial charge is 0.356 e. The molecule has 8 heteroatoms. The predicted molar refractivity (Wildman–Crippen MR) is 83.9 cm³/mol. The maximum atomic E-state index is 12.2. The number of hydrogen-bond acceptors (Lipinski definition) is 4.